The van der Waals surface area contributed by atoms with Crippen LogP contribution in [0.25, 0.3) is 0 Å². The van der Waals surface area contributed by atoms with Crippen LogP contribution in [-0.4, -0.2) is 70.5 Å². The zero-order chi connectivity index (χ0) is 23.6. The number of sulfonamides is 1. The summed E-state index contributed by atoms with van der Waals surface area (Å²) in [4.78, 5) is 14.7. The van der Waals surface area contributed by atoms with Gasteiger partial charge in [0.15, 0.2) is 11.5 Å². The highest BCUT2D eigenvalue weighted by Gasteiger charge is 2.30. The van der Waals surface area contributed by atoms with Gasteiger partial charge in [-0.2, -0.15) is 4.31 Å². The third-order valence-corrected chi connectivity index (χ3v) is 8.41. The molecule has 1 aliphatic heterocycles. The van der Waals surface area contributed by atoms with Crippen molar-refractivity contribution < 1.29 is 22.7 Å². The Bertz CT molecular complexity index is 1150. The fourth-order valence-corrected chi connectivity index (χ4v) is 6.00. The number of ether oxygens (including phenoxy) is 2. The van der Waals surface area contributed by atoms with E-state index in [2.05, 4.69) is 5.32 Å². The molecule has 8 nitrogen and oxygen atoms in total. The first-order valence-corrected chi connectivity index (χ1v) is 12.7. The van der Waals surface area contributed by atoms with E-state index < -0.39 is 10.0 Å². The molecule has 0 saturated carbocycles. The molecule has 0 spiro atoms. The van der Waals surface area contributed by atoms with Crippen LogP contribution in [0.1, 0.15) is 17.5 Å². The minimum absolute atomic E-state index is 0.0345. The molecule has 1 heterocycles. The maximum Gasteiger partial charge on any atom is 0.243 e. The predicted octanol–water partition coefficient (Wildman–Crippen LogP) is 2.79. The van der Waals surface area contributed by atoms with Gasteiger partial charge < -0.3 is 19.7 Å². The molecule has 0 unspecified atom stereocenters. The summed E-state index contributed by atoms with van der Waals surface area (Å²) < 4.78 is 38.2. The van der Waals surface area contributed by atoms with Crippen molar-refractivity contribution in [2.45, 2.75) is 24.2 Å². The zero-order valence-electron chi connectivity index (χ0n) is 18.8. The van der Waals surface area contributed by atoms with Crippen LogP contribution in [0, 0.1) is 0 Å². The first kappa shape index (κ1) is 23.7. The number of nitrogens with one attached hydrogen (secondary N) is 1. The molecule has 0 bridgehead atoms. The Kier molecular flexibility index (Phi) is 7.02. The molecular formula is C23H28ClN3O5S. The fourth-order valence-electron chi connectivity index (χ4n) is 4.31. The van der Waals surface area contributed by atoms with E-state index in [0.717, 1.165) is 24.8 Å². The van der Waals surface area contributed by atoms with Crippen LogP contribution < -0.4 is 14.8 Å². The molecule has 1 amide bonds. The number of rotatable bonds is 7. The SMILES string of the molecule is COc1cc(Cl)c(NCC(=O)N2CCN(S(=O)(=O)c3ccc4c(c3)CCC4)CC2)cc1OC. The van der Waals surface area contributed by atoms with Crippen molar-refractivity contribution in [3.63, 3.8) is 0 Å². The number of carbonyl (C=O) groups is 1. The number of nitrogens with zero attached hydrogens (tertiary/aromatic N) is 2. The molecule has 2 aromatic rings. The maximum absolute atomic E-state index is 13.1. The highest BCUT2D eigenvalue weighted by molar-refractivity contribution is 7.89. The van der Waals surface area contributed by atoms with Crippen molar-refractivity contribution in [2.24, 2.45) is 0 Å². The number of halogens is 1. The summed E-state index contributed by atoms with van der Waals surface area (Å²) in [6.07, 6.45) is 3.01. The Morgan fingerprint density at radius 1 is 1.00 bits per heavy atom. The van der Waals surface area contributed by atoms with E-state index in [-0.39, 0.29) is 25.5 Å². The zero-order valence-corrected chi connectivity index (χ0v) is 20.3. The van der Waals surface area contributed by atoms with Gasteiger partial charge in [-0.05, 0) is 42.5 Å². The number of benzene rings is 2. The summed E-state index contributed by atoms with van der Waals surface area (Å²) in [7, 11) is -0.524. The minimum atomic E-state index is -3.57. The molecule has 2 aliphatic rings. The van der Waals surface area contributed by atoms with E-state index in [1.807, 2.05) is 12.1 Å². The Labute approximate surface area is 199 Å². The molecule has 1 saturated heterocycles. The van der Waals surface area contributed by atoms with Crippen molar-refractivity contribution >= 4 is 33.2 Å². The summed E-state index contributed by atoms with van der Waals surface area (Å²) >= 11 is 6.27. The number of methoxy groups -OCH3 is 2. The average molecular weight is 494 g/mol. The van der Waals surface area contributed by atoms with E-state index in [1.54, 1.807) is 23.1 Å². The van der Waals surface area contributed by atoms with Crippen molar-refractivity contribution in [1.82, 2.24) is 9.21 Å². The molecule has 0 radical (unpaired) electrons. The maximum atomic E-state index is 13.1. The lowest BCUT2D eigenvalue weighted by Crippen LogP contribution is -2.51. The lowest BCUT2D eigenvalue weighted by atomic mass is 10.1. The molecule has 1 N–H and O–H groups in total. The van der Waals surface area contributed by atoms with Gasteiger partial charge >= 0.3 is 0 Å². The molecule has 0 aromatic heterocycles. The Morgan fingerprint density at radius 3 is 2.36 bits per heavy atom. The Morgan fingerprint density at radius 2 is 1.67 bits per heavy atom. The second-order valence-corrected chi connectivity index (χ2v) is 10.5. The Hall–Kier alpha value is -2.49. The van der Waals surface area contributed by atoms with Crippen LogP contribution in [0.3, 0.4) is 0 Å². The van der Waals surface area contributed by atoms with E-state index in [9.17, 15) is 13.2 Å². The molecule has 2 aromatic carbocycles. The monoisotopic (exact) mass is 493 g/mol. The van der Waals surface area contributed by atoms with E-state index in [4.69, 9.17) is 21.1 Å². The number of piperazine rings is 1. The van der Waals surface area contributed by atoms with Gasteiger partial charge in [0, 0.05) is 38.3 Å². The topological polar surface area (TPSA) is 88.2 Å². The van der Waals surface area contributed by atoms with Crippen LogP contribution in [-0.2, 0) is 27.7 Å². The quantitative estimate of drug-likeness (QED) is 0.638. The van der Waals surface area contributed by atoms with Gasteiger partial charge in [-0.1, -0.05) is 17.7 Å². The minimum Gasteiger partial charge on any atom is -0.493 e. The van der Waals surface area contributed by atoms with Gasteiger partial charge in [0.25, 0.3) is 0 Å². The van der Waals surface area contributed by atoms with E-state index >= 15 is 0 Å². The third kappa shape index (κ3) is 4.90. The lowest BCUT2D eigenvalue weighted by Gasteiger charge is -2.34. The van der Waals surface area contributed by atoms with Crippen molar-refractivity contribution in [1.29, 1.82) is 0 Å². The molecule has 1 fully saturated rings. The molecule has 10 heteroatoms. The first-order chi connectivity index (χ1) is 15.8. The van der Waals surface area contributed by atoms with E-state index in [1.165, 1.54) is 24.1 Å². The summed E-state index contributed by atoms with van der Waals surface area (Å²) in [5.41, 5.74) is 2.93. The normalized spacial score (nSPS) is 16.4. The highest BCUT2D eigenvalue weighted by Crippen LogP contribution is 2.36. The highest BCUT2D eigenvalue weighted by atomic mass is 35.5. The van der Waals surface area contributed by atoms with E-state index in [0.29, 0.717) is 40.2 Å². The summed E-state index contributed by atoms with van der Waals surface area (Å²) in [5, 5.41) is 3.44. The number of anilines is 1. The first-order valence-electron chi connectivity index (χ1n) is 10.9. The van der Waals surface area contributed by atoms with Crippen molar-refractivity contribution in [3.05, 3.63) is 46.5 Å². The van der Waals surface area contributed by atoms with Gasteiger partial charge in [0.2, 0.25) is 15.9 Å². The van der Waals surface area contributed by atoms with Crippen LogP contribution in [0.2, 0.25) is 5.02 Å². The smallest absolute Gasteiger partial charge is 0.243 e. The molecular weight excluding hydrogens is 466 g/mol. The van der Waals surface area contributed by atoms with Crippen molar-refractivity contribution in [2.75, 3.05) is 52.3 Å². The summed E-state index contributed by atoms with van der Waals surface area (Å²) in [6.45, 7) is 1.24. The molecule has 4 rings (SSSR count). The number of fused-ring (bicyclic) bond motifs is 1. The number of aryl methyl sites for hydroxylation is 2. The molecule has 178 valence electrons. The second kappa shape index (κ2) is 9.79. The van der Waals surface area contributed by atoms with Gasteiger partial charge in [0.1, 0.15) is 0 Å². The standard InChI is InChI=1S/C23H28ClN3O5S/c1-31-21-13-19(24)20(14-22(21)32-2)25-15-23(28)26-8-10-27(11-9-26)33(29,30)18-7-6-16-4-3-5-17(16)12-18/h6-7,12-14,25H,3-5,8-11,15H2,1-2H3. The second-order valence-electron chi connectivity index (χ2n) is 8.11. The number of amides is 1. The van der Waals surface area contributed by atoms with Crippen LogP contribution in [0.4, 0.5) is 5.69 Å². The van der Waals surface area contributed by atoms with Crippen LogP contribution in [0.5, 0.6) is 11.5 Å². The summed E-state index contributed by atoms with van der Waals surface area (Å²) in [6, 6.07) is 8.74. The van der Waals surface area contributed by atoms with Crippen LogP contribution in [0.15, 0.2) is 35.2 Å². The number of carbonyl (C=O) groups excluding carboxylic acids is 1. The predicted molar refractivity (Wildman–Crippen MR) is 127 cm³/mol. The number of hydrogen-bond donors (Lipinski definition) is 1. The lowest BCUT2D eigenvalue weighted by molar-refractivity contribution is -0.130. The van der Waals surface area contributed by atoms with Crippen molar-refractivity contribution in [3.8, 4) is 11.5 Å². The summed E-state index contributed by atoms with van der Waals surface area (Å²) in [5.74, 6) is 0.873. The van der Waals surface area contributed by atoms with Gasteiger partial charge in [0.05, 0.1) is 36.4 Å². The number of hydrogen-bond acceptors (Lipinski definition) is 6. The molecule has 33 heavy (non-hydrogen) atoms. The Balaban J connectivity index is 1.35. The molecule has 0 atom stereocenters. The fraction of sp³-hybridized carbons (Fsp3) is 0.435. The van der Waals surface area contributed by atoms with Gasteiger partial charge in [-0.3, -0.25) is 4.79 Å². The average Bonchev–Trinajstić information content (AvgIpc) is 3.31. The largest absolute Gasteiger partial charge is 0.493 e. The van der Waals surface area contributed by atoms with Gasteiger partial charge in [-0.25, -0.2) is 8.42 Å². The van der Waals surface area contributed by atoms with Crippen LogP contribution >= 0.6 is 11.6 Å². The third-order valence-electron chi connectivity index (χ3n) is 6.20. The molecule has 1 aliphatic carbocycles. The van der Waals surface area contributed by atoms with Gasteiger partial charge in [-0.15, -0.1) is 0 Å².